The Balaban J connectivity index is 1.70. The van der Waals surface area contributed by atoms with Crippen molar-refractivity contribution < 1.29 is 4.79 Å². The van der Waals surface area contributed by atoms with Gasteiger partial charge in [-0.25, -0.2) is 0 Å². The van der Waals surface area contributed by atoms with Crippen LogP contribution < -0.4 is 5.32 Å². The third-order valence-corrected chi connectivity index (χ3v) is 6.08. The Hall–Kier alpha value is -2.73. The van der Waals surface area contributed by atoms with Crippen LogP contribution >= 0.6 is 35.1 Å². The van der Waals surface area contributed by atoms with Gasteiger partial charge in [0.2, 0.25) is 5.91 Å². The van der Waals surface area contributed by atoms with E-state index in [1.54, 1.807) is 18.2 Å². The first kappa shape index (κ1) is 22.0. The van der Waals surface area contributed by atoms with Crippen LogP contribution in [0.1, 0.15) is 0 Å². The Morgan fingerprint density at radius 3 is 2.70 bits per heavy atom. The molecule has 152 valence electrons. The van der Waals surface area contributed by atoms with E-state index in [2.05, 4.69) is 28.2 Å². The summed E-state index contributed by atoms with van der Waals surface area (Å²) in [6.07, 6.45) is 1.76. The van der Waals surface area contributed by atoms with Crippen molar-refractivity contribution in [1.29, 1.82) is 5.26 Å². The molecule has 1 amide bonds. The van der Waals surface area contributed by atoms with Crippen LogP contribution in [0.4, 0.5) is 5.69 Å². The predicted octanol–water partition coefficient (Wildman–Crippen LogP) is 5.13. The number of nitrogens with zero attached hydrogens (tertiary/aromatic N) is 4. The Labute approximate surface area is 188 Å². The SMILES string of the molecule is C=CCn1c(SCC(=O)Nc2ccccc2SCC#N)nnc1-c1ccc(Cl)cc1. The second-order valence-electron chi connectivity index (χ2n) is 5.99. The first-order valence-electron chi connectivity index (χ1n) is 8.94. The van der Waals surface area contributed by atoms with Crippen LogP contribution in [0.5, 0.6) is 0 Å². The predicted molar refractivity (Wildman–Crippen MR) is 123 cm³/mol. The number of para-hydroxylation sites is 1. The summed E-state index contributed by atoms with van der Waals surface area (Å²) in [6, 6.07) is 16.9. The number of allylic oxidation sites excluding steroid dienone is 1. The zero-order chi connectivity index (χ0) is 21.3. The van der Waals surface area contributed by atoms with Gasteiger partial charge in [-0.3, -0.25) is 9.36 Å². The molecule has 2 aromatic carbocycles. The summed E-state index contributed by atoms with van der Waals surface area (Å²) in [6.45, 7) is 4.32. The molecule has 0 spiro atoms. The van der Waals surface area contributed by atoms with E-state index in [0.717, 1.165) is 10.5 Å². The fourth-order valence-electron chi connectivity index (χ4n) is 2.62. The van der Waals surface area contributed by atoms with Gasteiger partial charge in [-0.1, -0.05) is 41.6 Å². The number of carbonyl (C=O) groups is 1. The van der Waals surface area contributed by atoms with E-state index in [9.17, 15) is 4.79 Å². The molecule has 0 unspecified atom stereocenters. The van der Waals surface area contributed by atoms with Gasteiger partial charge >= 0.3 is 0 Å². The molecule has 0 atom stereocenters. The number of hydrogen-bond acceptors (Lipinski definition) is 6. The summed E-state index contributed by atoms with van der Waals surface area (Å²) >= 11 is 8.66. The summed E-state index contributed by atoms with van der Waals surface area (Å²) < 4.78 is 1.91. The maximum atomic E-state index is 12.5. The molecule has 3 rings (SSSR count). The summed E-state index contributed by atoms with van der Waals surface area (Å²) in [5.41, 5.74) is 1.58. The number of hydrogen-bond donors (Lipinski definition) is 1. The third-order valence-electron chi connectivity index (χ3n) is 3.92. The summed E-state index contributed by atoms with van der Waals surface area (Å²) in [5, 5.41) is 21.5. The van der Waals surface area contributed by atoms with Gasteiger partial charge in [-0.15, -0.1) is 28.5 Å². The van der Waals surface area contributed by atoms with Crippen molar-refractivity contribution in [3.63, 3.8) is 0 Å². The lowest BCUT2D eigenvalue weighted by molar-refractivity contribution is -0.113. The topological polar surface area (TPSA) is 83.6 Å². The number of thioether (sulfide) groups is 2. The van der Waals surface area contributed by atoms with E-state index < -0.39 is 0 Å². The van der Waals surface area contributed by atoms with Crippen molar-refractivity contribution >= 4 is 46.7 Å². The van der Waals surface area contributed by atoms with E-state index in [0.29, 0.717) is 34.0 Å². The molecule has 1 aromatic heterocycles. The number of rotatable bonds is 9. The van der Waals surface area contributed by atoms with Crippen LogP contribution in [0.3, 0.4) is 0 Å². The van der Waals surface area contributed by atoms with Gasteiger partial charge in [-0.2, -0.15) is 5.26 Å². The zero-order valence-electron chi connectivity index (χ0n) is 15.9. The van der Waals surface area contributed by atoms with E-state index in [1.165, 1.54) is 23.5 Å². The number of aromatic nitrogens is 3. The Morgan fingerprint density at radius 2 is 1.97 bits per heavy atom. The molecule has 0 aliphatic carbocycles. The highest BCUT2D eigenvalue weighted by atomic mass is 35.5. The highest BCUT2D eigenvalue weighted by Crippen LogP contribution is 2.28. The molecule has 0 saturated heterocycles. The largest absolute Gasteiger partial charge is 0.324 e. The molecule has 0 aliphatic rings. The number of carbonyl (C=O) groups excluding carboxylic acids is 1. The lowest BCUT2D eigenvalue weighted by Gasteiger charge is -2.10. The van der Waals surface area contributed by atoms with Gasteiger partial charge in [-0.05, 0) is 36.4 Å². The molecule has 1 heterocycles. The maximum Gasteiger partial charge on any atom is 0.234 e. The number of halogens is 1. The molecule has 0 bridgehead atoms. The second-order valence-corrected chi connectivity index (χ2v) is 8.39. The Bertz CT molecular complexity index is 1080. The van der Waals surface area contributed by atoms with Gasteiger partial charge < -0.3 is 5.32 Å². The van der Waals surface area contributed by atoms with Crippen LogP contribution in [-0.4, -0.2) is 32.2 Å². The van der Waals surface area contributed by atoms with Crippen LogP contribution in [0.2, 0.25) is 5.02 Å². The zero-order valence-corrected chi connectivity index (χ0v) is 18.3. The molecule has 6 nitrogen and oxygen atoms in total. The highest BCUT2D eigenvalue weighted by Gasteiger charge is 2.15. The summed E-state index contributed by atoms with van der Waals surface area (Å²) in [5.74, 6) is 1.02. The van der Waals surface area contributed by atoms with E-state index in [1.807, 2.05) is 41.0 Å². The number of anilines is 1. The average Bonchev–Trinajstić information content (AvgIpc) is 3.15. The van der Waals surface area contributed by atoms with Crippen LogP contribution in [0, 0.1) is 11.3 Å². The molecule has 30 heavy (non-hydrogen) atoms. The number of benzene rings is 2. The van der Waals surface area contributed by atoms with E-state index in [-0.39, 0.29) is 11.7 Å². The standard InChI is InChI=1S/C21H18ClN5OS2/c1-2-12-27-20(15-7-9-16(22)10-8-15)25-26-21(27)30-14-19(28)24-17-5-3-4-6-18(17)29-13-11-23/h2-10H,1,12-14H2,(H,24,28). The Morgan fingerprint density at radius 1 is 1.20 bits per heavy atom. The van der Waals surface area contributed by atoms with Gasteiger partial charge in [0.15, 0.2) is 11.0 Å². The molecule has 0 radical (unpaired) electrons. The minimum atomic E-state index is -0.161. The number of amides is 1. The van der Waals surface area contributed by atoms with Gasteiger partial charge in [0.1, 0.15) is 0 Å². The monoisotopic (exact) mass is 455 g/mol. The highest BCUT2D eigenvalue weighted by molar-refractivity contribution is 8.00. The average molecular weight is 456 g/mol. The van der Waals surface area contributed by atoms with Crippen molar-refractivity contribution in [2.75, 3.05) is 16.8 Å². The fourth-order valence-corrected chi connectivity index (χ4v) is 4.17. The number of nitriles is 1. The van der Waals surface area contributed by atoms with E-state index in [4.69, 9.17) is 16.9 Å². The molecule has 9 heteroatoms. The third kappa shape index (κ3) is 5.66. The lowest BCUT2D eigenvalue weighted by atomic mass is 10.2. The molecule has 3 aromatic rings. The minimum absolute atomic E-state index is 0.161. The quantitative estimate of drug-likeness (QED) is 0.355. The Kier molecular flexibility index (Phi) is 7.97. The summed E-state index contributed by atoms with van der Waals surface area (Å²) in [4.78, 5) is 13.4. The molecular weight excluding hydrogens is 438 g/mol. The molecule has 0 saturated carbocycles. The second kappa shape index (κ2) is 10.9. The molecule has 1 N–H and O–H groups in total. The van der Waals surface area contributed by atoms with Crippen LogP contribution in [0.25, 0.3) is 11.4 Å². The molecule has 0 fully saturated rings. The van der Waals surface area contributed by atoms with Crippen LogP contribution in [-0.2, 0) is 11.3 Å². The van der Waals surface area contributed by atoms with E-state index >= 15 is 0 Å². The molecule has 0 aliphatic heterocycles. The van der Waals surface area contributed by atoms with Crippen molar-refractivity contribution in [2.45, 2.75) is 16.6 Å². The summed E-state index contributed by atoms with van der Waals surface area (Å²) in [7, 11) is 0. The van der Waals surface area contributed by atoms with Crippen molar-refractivity contribution in [3.8, 4) is 17.5 Å². The fraction of sp³-hybridized carbons (Fsp3) is 0.143. The van der Waals surface area contributed by atoms with Gasteiger partial charge in [0.05, 0.1) is 23.3 Å². The first-order valence-corrected chi connectivity index (χ1v) is 11.3. The maximum absolute atomic E-state index is 12.5. The first-order chi connectivity index (χ1) is 14.6. The normalized spacial score (nSPS) is 10.4. The van der Waals surface area contributed by atoms with Crippen molar-refractivity contribution in [2.24, 2.45) is 0 Å². The van der Waals surface area contributed by atoms with Gasteiger partial charge in [0, 0.05) is 22.0 Å². The smallest absolute Gasteiger partial charge is 0.234 e. The minimum Gasteiger partial charge on any atom is -0.324 e. The molecular formula is C21H18ClN5OS2. The van der Waals surface area contributed by atoms with Crippen molar-refractivity contribution in [3.05, 3.63) is 66.2 Å². The van der Waals surface area contributed by atoms with Gasteiger partial charge in [0.25, 0.3) is 0 Å². The number of nitrogens with one attached hydrogen (secondary N) is 1. The van der Waals surface area contributed by atoms with Crippen LogP contribution in [0.15, 0.2) is 71.2 Å². The lowest BCUT2D eigenvalue weighted by Crippen LogP contribution is -2.15. The van der Waals surface area contributed by atoms with Crippen molar-refractivity contribution in [1.82, 2.24) is 14.8 Å².